The number of imidazole rings is 1. The molecule has 0 spiro atoms. The highest BCUT2D eigenvalue weighted by Crippen LogP contribution is 2.19. The van der Waals surface area contributed by atoms with Crippen LogP contribution in [-0.4, -0.2) is 91.3 Å². The van der Waals surface area contributed by atoms with Gasteiger partial charge < -0.3 is 47.0 Å². The maximum absolute atomic E-state index is 12.9. The number of carboxylic acids is 1. The molecular weight excluding hydrogens is 486 g/mol. The highest BCUT2D eigenvalue weighted by atomic mass is 16.4. The van der Waals surface area contributed by atoms with Crippen molar-refractivity contribution in [1.82, 2.24) is 30.9 Å². The number of nitrogens with zero attached hydrogens (tertiary/aromatic N) is 1. The van der Waals surface area contributed by atoms with Crippen molar-refractivity contribution in [3.05, 3.63) is 54.2 Å². The first-order valence-electron chi connectivity index (χ1n) is 11.4. The number of aliphatic carboxylic acids is 1. The Morgan fingerprint density at radius 1 is 0.892 bits per heavy atom. The number of carbonyl (C=O) groups is 4. The van der Waals surface area contributed by atoms with E-state index in [9.17, 15) is 29.4 Å². The summed E-state index contributed by atoms with van der Waals surface area (Å²) >= 11 is 0. The van der Waals surface area contributed by atoms with Crippen LogP contribution < -0.4 is 21.7 Å². The number of carboxylic acid groups (broad SMARTS) is 1. The average molecular weight is 516 g/mol. The second kappa shape index (κ2) is 12.6. The summed E-state index contributed by atoms with van der Waals surface area (Å²) in [6, 6.07) is 1.89. The molecule has 37 heavy (non-hydrogen) atoms. The van der Waals surface area contributed by atoms with Crippen LogP contribution in [-0.2, 0) is 32.0 Å². The Kier molecular flexibility index (Phi) is 9.32. The van der Waals surface area contributed by atoms with Crippen molar-refractivity contribution in [2.24, 2.45) is 5.73 Å². The largest absolute Gasteiger partial charge is 0.480 e. The summed E-state index contributed by atoms with van der Waals surface area (Å²) in [5.74, 6) is -3.88. The smallest absolute Gasteiger partial charge is 0.326 e. The summed E-state index contributed by atoms with van der Waals surface area (Å²) in [5, 5.41) is 36.4. The van der Waals surface area contributed by atoms with Crippen molar-refractivity contribution in [1.29, 1.82) is 0 Å². The summed E-state index contributed by atoms with van der Waals surface area (Å²) in [7, 11) is 0. The summed E-state index contributed by atoms with van der Waals surface area (Å²) < 4.78 is 0. The van der Waals surface area contributed by atoms with Crippen molar-refractivity contribution >= 4 is 34.6 Å². The van der Waals surface area contributed by atoms with Crippen LogP contribution in [0.2, 0.25) is 0 Å². The first-order valence-corrected chi connectivity index (χ1v) is 11.4. The Morgan fingerprint density at radius 2 is 1.57 bits per heavy atom. The SMILES string of the molecule is NC(CO)C(=O)NC(Cc1cnc[nH]1)C(=O)NC(CO)C(=O)NC(Cc1c[nH]c2ccccc12)C(=O)O. The van der Waals surface area contributed by atoms with E-state index in [4.69, 9.17) is 10.8 Å². The number of hydrogen-bond donors (Lipinski definition) is 9. The number of aliphatic hydroxyl groups excluding tert-OH is 2. The molecule has 0 aliphatic rings. The van der Waals surface area contributed by atoms with Crippen molar-refractivity contribution < 1.29 is 34.5 Å². The van der Waals surface area contributed by atoms with Crippen LogP contribution in [0.3, 0.4) is 0 Å². The van der Waals surface area contributed by atoms with Crippen LogP contribution in [0.4, 0.5) is 0 Å². The Morgan fingerprint density at radius 3 is 2.22 bits per heavy atom. The van der Waals surface area contributed by atoms with Crippen LogP contribution in [0.1, 0.15) is 11.3 Å². The third kappa shape index (κ3) is 7.13. The molecule has 0 saturated carbocycles. The van der Waals surface area contributed by atoms with E-state index in [0.717, 1.165) is 10.9 Å². The van der Waals surface area contributed by atoms with Crippen LogP contribution >= 0.6 is 0 Å². The molecule has 4 atom stereocenters. The van der Waals surface area contributed by atoms with E-state index in [1.165, 1.54) is 12.5 Å². The zero-order valence-corrected chi connectivity index (χ0v) is 19.7. The molecule has 3 amide bonds. The van der Waals surface area contributed by atoms with Crippen LogP contribution in [0.25, 0.3) is 10.9 Å². The number of fused-ring (bicyclic) bond motifs is 1. The first-order chi connectivity index (χ1) is 17.7. The van der Waals surface area contributed by atoms with Crippen molar-refractivity contribution in [2.45, 2.75) is 37.0 Å². The summed E-state index contributed by atoms with van der Waals surface area (Å²) in [6.45, 7) is -1.49. The monoisotopic (exact) mass is 515 g/mol. The zero-order valence-electron chi connectivity index (χ0n) is 19.7. The topological polar surface area (TPSA) is 236 Å². The normalized spacial score (nSPS) is 14.4. The second-order valence-corrected chi connectivity index (χ2v) is 8.34. The molecule has 0 aliphatic carbocycles. The van der Waals surface area contributed by atoms with Gasteiger partial charge in [0.1, 0.15) is 24.2 Å². The van der Waals surface area contributed by atoms with E-state index in [0.29, 0.717) is 11.3 Å². The molecule has 2 heterocycles. The van der Waals surface area contributed by atoms with E-state index < -0.39 is 61.1 Å². The number of aromatic amines is 2. The van der Waals surface area contributed by atoms with E-state index >= 15 is 0 Å². The fourth-order valence-electron chi connectivity index (χ4n) is 3.65. The number of nitrogens with two attached hydrogens (primary N) is 1. The highest BCUT2D eigenvalue weighted by molar-refractivity contribution is 5.94. The molecule has 3 aromatic rings. The lowest BCUT2D eigenvalue weighted by Gasteiger charge is -2.24. The van der Waals surface area contributed by atoms with Gasteiger partial charge in [0, 0.05) is 41.8 Å². The third-order valence-corrected chi connectivity index (χ3v) is 5.67. The van der Waals surface area contributed by atoms with Gasteiger partial charge in [-0.15, -0.1) is 0 Å². The van der Waals surface area contributed by atoms with Gasteiger partial charge in [0.15, 0.2) is 0 Å². The van der Waals surface area contributed by atoms with Gasteiger partial charge >= 0.3 is 5.97 Å². The first kappa shape index (κ1) is 27.3. The van der Waals surface area contributed by atoms with Crippen molar-refractivity contribution in [3.63, 3.8) is 0 Å². The Hall–Kier alpha value is -4.27. The molecule has 0 radical (unpaired) electrons. The second-order valence-electron chi connectivity index (χ2n) is 8.34. The summed E-state index contributed by atoms with van der Waals surface area (Å²) in [5.41, 5.74) is 7.46. The number of benzene rings is 1. The predicted molar refractivity (Wildman–Crippen MR) is 130 cm³/mol. The fraction of sp³-hybridized carbons (Fsp3) is 0.348. The standard InChI is InChI=1S/C23H29N7O7/c24-15(9-31)20(33)28-17(6-13-8-25-11-27-13)21(34)30-19(10-32)22(35)29-18(23(36)37)5-12-7-26-16-4-2-1-3-14(12)16/h1-4,7-8,11,15,17-19,26,31-32H,5-6,9-10,24H2,(H,25,27)(H,28,33)(H,29,35)(H,30,34)(H,36,37). The van der Waals surface area contributed by atoms with Crippen LogP contribution in [0, 0.1) is 0 Å². The van der Waals surface area contributed by atoms with Gasteiger partial charge in [-0.25, -0.2) is 9.78 Å². The molecule has 4 unspecified atom stereocenters. The van der Waals surface area contributed by atoms with E-state index in [2.05, 4.69) is 30.9 Å². The minimum atomic E-state index is -1.51. The van der Waals surface area contributed by atoms with Crippen molar-refractivity contribution in [3.8, 4) is 0 Å². The molecular formula is C23H29N7O7. The average Bonchev–Trinajstić information content (AvgIpc) is 3.55. The lowest BCUT2D eigenvalue weighted by atomic mass is 10.0. The van der Waals surface area contributed by atoms with E-state index in [1.54, 1.807) is 12.3 Å². The lowest BCUT2D eigenvalue weighted by Crippen LogP contribution is -2.59. The third-order valence-electron chi connectivity index (χ3n) is 5.67. The molecule has 198 valence electrons. The molecule has 2 aromatic heterocycles. The van der Waals surface area contributed by atoms with Gasteiger partial charge in [-0.2, -0.15) is 0 Å². The molecule has 0 saturated heterocycles. The fourth-order valence-corrected chi connectivity index (χ4v) is 3.65. The Labute approximate surface area is 210 Å². The minimum absolute atomic E-state index is 0.0469. The molecule has 0 bridgehead atoms. The molecule has 14 nitrogen and oxygen atoms in total. The van der Waals surface area contributed by atoms with Crippen LogP contribution in [0.5, 0.6) is 0 Å². The lowest BCUT2D eigenvalue weighted by molar-refractivity contribution is -0.142. The number of hydrogen-bond acceptors (Lipinski definition) is 8. The number of amides is 3. The van der Waals surface area contributed by atoms with Gasteiger partial charge in [0.2, 0.25) is 17.7 Å². The van der Waals surface area contributed by atoms with Crippen LogP contribution in [0.15, 0.2) is 43.0 Å². The van der Waals surface area contributed by atoms with Crippen molar-refractivity contribution in [2.75, 3.05) is 13.2 Å². The Bertz CT molecular complexity index is 1230. The molecule has 14 heteroatoms. The number of aliphatic hydroxyl groups is 2. The zero-order chi connectivity index (χ0) is 26.9. The molecule has 3 rings (SSSR count). The molecule has 0 fully saturated rings. The van der Waals surface area contributed by atoms with Gasteiger partial charge in [0.05, 0.1) is 19.5 Å². The van der Waals surface area contributed by atoms with Gasteiger partial charge in [0.25, 0.3) is 0 Å². The number of aromatic nitrogens is 3. The number of carbonyl (C=O) groups excluding carboxylic acids is 3. The van der Waals surface area contributed by atoms with Gasteiger partial charge in [-0.3, -0.25) is 14.4 Å². The Balaban J connectivity index is 1.69. The highest BCUT2D eigenvalue weighted by Gasteiger charge is 2.30. The number of nitrogens with one attached hydrogen (secondary N) is 5. The number of H-pyrrole nitrogens is 2. The summed E-state index contributed by atoms with van der Waals surface area (Å²) in [4.78, 5) is 59.5. The maximum Gasteiger partial charge on any atom is 0.326 e. The summed E-state index contributed by atoms with van der Waals surface area (Å²) in [6.07, 6.45) is 4.34. The minimum Gasteiger partial charge on any atom is -0.480 e. The van der Waals surface area contributed by atoms with Gasteiger partial charge in [-0.1, -0.05) is 18.2 Å². The maximum atomic E-state index is 12.9. The predicted octanol–water partition coefficient (Wildman–Crippen LogP) is -2.47. The van der Waals surface area contributed by atoms with Gasteiger partial charge in [-0.05, 0) is 11.6 Å². The molecule has 0 aliphatic heterocycles. The molecule has 10 N–H and O–H groups in total. The quantitative estimate of drug-likeness (QED) is 0.117. The van der Waals surface area contributed by atoms with E-state index in [1.807, 2.05) is 18.2 Å². The number of para-hydroxylation sites is 1. The molecule has 1 aromatic carbocycles. The number of rotatable bonds is 13. The van der Waals surface area contributed by atoms with E-state index in [-0.39, 0.29) is 12.8 Å².